The number of anilines is 1. The fraction of sp³-hybridized carbons (Fsp3) is 0.125. The molecule has 5 heteroatoms. The Morgan fingerprint density at radius 1 is 1.14 bits per heavy atom. The first-order valence-corrected chi connectivity index (χ1v) is 6.60. The highest BCUT2D eigenvalue weighted by atomic mass is 16.5. The third-order valence-electron chi connectivity index (χ3n) is 3.34. The first-order chi connectivity index (χ1) is 10.2. The van der Waals surface area contributed by atoms with Crippen molar-refractivity contribution >= 4 is 5.69 Å². The average molecular weight is 280 g/mol. The Balaban J connectivity index is 1.98. The first-order valence-electron chi connectivity index (χ1n) is 6.60. The Kier molecular flexibility index (Phi) is 3.31. The molecule has 21 heavy (non-hydrogen) atoms. The third-order valence-corrected chi connectivity index (χ3v) is 3.34. The van der Waals surface area contributed by atoms with Crippen LogP contribution in [-0.4, -0.2) is 22.1 Å². The summed E-state index contributed by atoms with van der Waals surface area (Å²) in [5.41, 5.74) is 10.3. The van der Waals surface area contributed by atoms with E-state index in [-0.39, 0.29) is 0 Å². The van der Waals surface area contributed by atoms with Crippen LogP contribution in [0.3, 0.4) is 0 Å². The second-order valence-electron chi connectivity index (χ2n) is 4.82. The Labute approximate surface area is 123 Å². The Morgan fingerprint density at radius 3 is 2.71 bits per heavy atom. The number of methoxy groups -OCH3 is 1. The van der Waals surface area contributed by atoms with Gasteiger partial charge in [0.25, 0.3) is 0 Å². The Morgan fingerprint density at radius 2 is 2.00 bits per heavy atom. The van der Waals surface area contributed by atoms with Crippen molar-refractivity contribution in [1.29, 1.82) is 0 Å². The molecule has 0 amide bonds. The average Bonchev–Trinajstić information content (AvgIpc) is 2.96. The van der Waals surface area contributed by atoms with E-state index in [1.54, 1.807) is 11.8 Å². The monoisotopic (exact) mass is 280 g/mol. The lowest BCUT2D eigenvalue weighted by Crippen LogP contribution is -1.95. The van der Waals surface area contributed by atoms with Crippen molar-refractivity contribution in [3.05, 3.63) is 54.2 Å². The van der Waals surface area contributed by atoms with Gasteiger partial charge in [-0.1, -0.05) is 11.3 Å². The molecule has 3 rings (SSSR count). The number of aryl methyl sites for hydroxylation is 1. The van der Waals surface area contributed by atoms with E-state index >= 15 is 0 Å². The Hall–Kier alpha value is -2.82. The lowest BCUT2D eigenvalue weighted by molar-refractivity contribution is 0.414. The summed E-state index contributed by atoms with van der Waals surface area (Å²) in [6.07, 6.45) is 1.89. The van der Waals surface area contributed by atoms with Crippen LogP contribution < -0.4 is 10.5 Å². The van der Waals surface area contributed by atoms with E-state index in [9.17, 15) is 0 Å². The number of rotatable bonds is 3. The van der Waals surface area contributed by atoms with E-state index in [0.29, 0.717) is 5.69 Å². The van der Waals surface area contributed by atoms with Crippen molar-refractivity contribution in [1.82, 2.24) is 15.0 Å². The van der Waals surface area contributed by atoms with Crippen LogP contribution in [0.5, 0.6) is 5.75 Å². The molecule has 106 valence electrons. The van der Waals surface area contributed by atoms with Gasteiger partial charge in [0.05, 0.1) is 19.0 Å². The van der Waals surface area contributed by atoms with Gasteiger partial charge in [0.1, 0.15) is 11.4 Å². The van der Waals surface area contributed by atoms with E-state index in [1.165, 1.54) is 0 Å². The zero-order valence-corrected chi connectivity index (χ0v) is 11.9. The first kappa shape index (κ1) is 13.2. The van der Waals surface area contributed by atoms with Gasteiger partial charge in [-0.25, -0.2) is 4.68 Å². The van der Waals surface area contributed by atoms with Crippen molar-refractivity contribution < 1.29 is 4.74 Å². The van der Waals surface area contributed by atoms with Crippen LogP contribution in [0, 0.1) is 6.92 Å². The number of hydrogen-bond donors (Lipinski definition) is 1. The zero-order valence-electron chi connectivity index (χ0n) is 11.9. The number of ether oxygens (including phenoxy) is 1. The van der Waals surface area contributed by atoms with Crippen molar-refractivity contribution in [3.63, 3.8) is 0 Å². The van der Waals surface area contributed by atoms with E-state index < -0.39 is 0 Å². The summed E-state index contributed by atoms with van der Waals surface area (Å²) >= 11 is 0. The van der Waals surface area contributed by atoms with Gasteiger partial charge in [-0.3, -0.25) is 0 Å². The summed E-state index contributed by atoms with van der Waals surface area (Å²) < 4.78 is 6.94. The van der Waals surface area contributed by atoms with E-state index in [1.807, 2.05) is 55.6 Å². The molecule has 0 fully saturated rings. The molecule has 5 nitrogen and oxygen atoms in total. The SMILES string of the molecule is COc1ccc(-c2cn(-c3cccc(N)c3)nn2)c(C)c1. The number of nitrogens with zero attached hydrogens (tertiary/aromatic N) is 3. The van der Waals surface area contributed by atoms with E-state index in [2.05, 4.69) is 10.3 Å². The summed E-state index contributed by atoms with van der Waals surface area (Å²) in [5, 5.41) is 8.41. The highest BCUT2D eigenvalue weighted by Gasteiger charge is 2.09. The standard InChI is InChI=1S/C16H16N4O/c1-11-8-14(21-2)6-7-15(11)16-10-20(19-18-16)13-5-3-4-12(17)9-13/h3-10H,17H2,1-2H3. The molecule has 1 heterocycles. The fourth-order valence-electron chi connectivity index (χ4n) is 2.23. The van der Waals surface area contributed by atoms with E-state index in [0.717, 1.165) is 28.3 Å². The largest absolute Gasteiger partial charge is 0.497 e. The number of nitrogens with two attached hydrogens (primary N) is 1. The molecule has 0 saturated carbocycles. The van der Waals surface area contributed by atoms with Crippen LogP contribution in [0.1, 0.15) is 5.56 Å². The second kappa shape index (κ2) is 5.28. The topological polar surface area (TPSA) is 66.0 Å². The molecular formula is C16H16N4O. The molecular weight excluding hydrogens is 264 g/mol. The molecule has 0 saturated heterocycles. The predicted octanol–water partition coefficient (Wildman–Crippen LogP) is 2.83. The highest BCUT2D eigenvalue weighted by Crippen LogP contribution is 2.25. The van der Waals surface area contributed by atoms with Crippen molar-refractivity contribution in [3.8, 4) is 22.7 Å². The summed E-state index contributed by atoms with van der Waals surface area (Å²) in [7, 11) is 1.66. The fourth-order valence-corrected chi connectivity index (χ4v) is 2.23. The summed E-state index contributed by atoms with van der Waals surface area (Å²) in [5.74, 6) is 0.833. The van der Waals surface area contributed by atoms with Gasteiger partial charge in [0.15, 0.2) is 0 Å². The van der Waals surface area contributed by atoms with Crippen LogP contribution in [0.25, 0.3) is 16.9 Å². The van der Waals surface area contributed by atoms with E-state index in [4.69, 9.17) is 10.5 Å². The maximum Gasteiger partial charge on any atom is 0.119 e. The smallest absolute Gasteiger partial charge is 0.119 e. The Bertz CT molecular complexity index is 779. The molecule has 0 unspecified atom stereocenters. The van der Waals surface area contributed by atoms with Crippen LogP contribution in [0.2, 0.25) is 0 Å². The minimum Gasteiger partial charge on any atom is -0.497 e. The molecule has 0 aliphatic carbocycles. The number of benzene rings is 2. The maximum atomic E-state index is 5.79. The van der Waals surface area contributed by atoms with Gasteiger partial charge in [-0.05, 0) is 48.9 Å². The number of hydrogen-bond acceptors (Lipinski definition) is 4. The van der Waals surface area contributed by atoms with Gasteiger partial charge >= 0.3 is 0 Å². The summed E-state index contributed by atoms with van der Waals surface area (Å²) in [6.45, 7) is 2.03. The normalized spacial score (nSPS) is 10.6. The molecule has 0 atom stereocenters. The van der Waals surface area contributed by atoms with Crippen LogP contribution >= 0.6 is 0 Å². The van der Waals surface area contributed by atoms with Crippen molar-refractivity contribution in [2.75, 3.05) is 12.8 Å². The lowest BCUT2D eigenvalue weighted by Gasteiger charge is -2.05. The molecule has 0 radical (unpaired) electrons. The van der Waals surface area contributed by atoms with Gasteiger partial charge in [-0.15, -0.1) is 5.10 Å². The van der Waals surface area contributed by atoms with Crippen molar-refractivity contribution in [2.45, 2.75) is 6.92 Å². The second-order valence-corrected chi connectivity index (χ2v) is 4.82. The maximum absolute atomic E-state index is 5.79. The van der Waals surface area contributed by atoms with Crippen LogP contribution in [0.4, 0.5) is 5.69 Å². The molecule has 1 aromatic heterocycles. The molecule has 2 aromatic carbocycles. The number of aromatic nitrogens is 3. The van der Waals surface area contributed by atoms with Gasteiger partial charge in [0.2, 0.25) is 0 Å². The molecule has 3 aromatic rings. The van der Waals surface area contributed by atoms with Gasteiger partial charge in [0, 0.05) is 11.3 Å². The minimum atomic E-state index is 0.699. The highest BCUT2D eigenvalue weighted by molar-refractivity contribution is 5.64. The quantitative estimate of drug-likeness (QED) is 0.749. The third kappa shape index (κ3) is 2.58. The zero-order chi connectivity index (χ0) is 14.8. The predicted molar refractivity (Wildman–Crippen MR) is 82.5 cm³/mol. The lowest BCUT2D eigenvalue weighted by atomic mass is 10.1. The summed E-state index contributed by atoms with van der Waals surface area (Å²) in [4.78, 5) is 0. The molecule has 0 bridgehead atoms. The summed E-state index contributed by atoms with van der Waals surface area (Å²) in [6, 6.07) is 13.4. The molecule has 0 aliphatic rings. The number of nitrogen functional groups attached to an aromatic ring is 1. The molecule has 2 N–H and O–H groups in total. The molecule has 0 spiro atoms. The molecule has 0 aliphatic heterocycles. The minimum absolute atomic E-state index is 0.699. The van der Waals surface area contributed by atoms with Crippen LogP contribution in [0.15, 0.2) is 48.7 Å². The van der Waals surface area contributed by atoms with Crippen molar-refractivity contribution in [2.24, 2.45) is 0 Å². The van der Waals surface area contributed by atoms with Gasteiger partial charge in [-0.2, -0.15) is 0 Å². The van der Waals surface area contributed by atoms with Crippen LogP contribution in [-0.2, 0) is 0 Å². The van der Waals surface area contributed by atoms with Gasteiger partial charge < -0.3 is 10.5 Å².